The molecule has 1 aromatic rings. The van der Waals surface area contributed by atoms with Gasteiger partial charge in [-0.15, -0.1) is 11.6 Å². The van der Waals surface area contributed by atoms with Crippen molar-refractivity contribution in [1.82, 2.24) is 9.88 Å². The summed E-state index contributed by atoms with van der Waals surface area (Å²) in [4.78, 5) is 9.25. The van der Waals surface area contributed by atoms with Gasteiger partial charge in [0.05, 0.1) is 11.6 Å². The van der Waals surface area contributed by atoms with Crippen LogP contribution in [0.25, 0.3) is 0 Å². The molecule has 1 aromatic heterocycles. The van der Waals surface area contributed by atoms with Gasteiger partial charge in [-0.25, -0.2) is 0 Å². The average Bonchev–Trinajstić information content (AvgIpc) is 2.87. The molecule has 0 N–H and O–H groups in total. The summed E-state index contributed by atoms with van der Waals surface area (Å²) in [6.45, 7) is 4.45. The quantitative estimate of drug-likeness (QED) is 0.758. The van der Waals surface area contributed by atoms with Crippen LogP contribution >= 0.6 is 11.6 Å². The highest BCUT2D eigenvalue weighted by molar-refractivity contribution is 6.16. The summed E-state index contributed by atoms with van der Waals surface area (Å²) in [5.41, 5.74) is 0.827. The summed E-state index contributed by atoms with van der Waals surface area (Å²) in [6, 6.07) is 1.43. The van der Waals surface area contributed by atoms with E-state index in [1.807, 2.05) is 0 Å². The lowest BCUT2D eigenvalue weighted by molar-refractivity contribution is 0.131. The Morgan fingerprint density at radius 3 is 3.12 bits per heavy atom. The van der Waals surface area contributed by atoms with E-state index in [2.05, 4.69) is 14.8 Å². The van der Waals surface area contributed by atoms with E-state index < -0.39 is 0 Å². The molecule has 0 spiro atoms. The number of alkyl halides is 1. The summed E-state index contributed by atoms with van der Waals surface area (Å²) in [5.74, 6) is 0.424. The highest BCUT2D eigenvalue weighted by atomic mass is 35.5. The number of nitrogens with zero attached hydrogens (tertiary/aromatic N) is 3. The molecular weight excluding hydrogens is 238 g/mol. The first-order chi connectivity index (χ1) is 8.36. The molecule has 0 bridgehead atoms. The lowest BCUT2D eigenvalue weighted by atomic mass is 10.00. The zero-order chi connectivity index (χ0) is 11.7. The van der Waals surface area contributed by atoms with Gasteiger partial charge in [-0.05, 0) is 19.4 Å². The minimum absolute atomic E-state index is 0.424. The summed E-state index contributed by atoms with van der Waals surface area (Å²) in [5, 5.41) is 0. The molecule has 0 aromatic carbocycles. The number of aromatic nitrogens is 1. The molecule has 2 fully saturated rings. The van der Waals surface area contributed by atoms with Crippen molar-refractivity contribution in [3.05, 3.63) is 12.0 Å². The van der Waals surface area contributed by atoms with Crippen LogP contribution in [0.3, 0.4) is 0 Å². The van der Waals surface area contributed by atoms with Gasteiger partial charge < -0.3 is 9.32 Å². The maximum Gasteiger partial charge on any atom is 0.297 e. The normalized spacial score (nSPS) is 25.9. The maximum atomic E-state index is 5.74. The van der Waals surface area contributed by atoms with Crippen molar-refractivity contribution in [3.8, 4) is 0 Å². The molecule has 5 heteroatoms. The Labute approximate surface area is 107 Å². The first-order valence-electron chi connectivity index (χ1n) is 6.36. The minimum atomic E-state index is 0.424. The molecule has 2 aliphatic heterocycles. The highest BCUT2D eigenvalue weighted by Gasteiger charge is 2.30. The third-order valence-corrected chi connectivity index (χ3v) is 4.06. The van der Waals surface area contributed by atoms with Gasteiger partial charge in [-0.3, -0.25) is 4.90 Å². The van der Waals surface area contributed by atoms with E-state index in [1.165, 1.54) is 25.8 Å². The zero-order valence-electron chi connectivity index (χ0n) is 9.94. The SMILES string of the molecule is ClCc1coc(N2CCN3CCCCC3C2)n1. The second-order valence-electron chi connectivity index (χ2n) is 4.89. The van der Waals surface area contributed by atoms with Crippen molar-refractivity contribution in [1.29, 1.82) is 0 Å². The monoisotopic (exact) mass is 255 g/mol. The standard InChI is InChI=1S/C12H18ClN3O/c13-7-10-9-17-12(14-10)16-6-5-15-4-2-1-3-11(15)8-16/h9,11H,1-8H2. The molecule has 94 valence electrons. The maximum absolute atomic E-state index is 5.74. The summed E-state index contributed by atoms with van der Waals surface area (Å²) >= 11 is 5.74. The average molecular weight is 256 g/mol. The first-order valence-corrected chi connectivity index (χ1v) is 6.89. The zero-order valence-corrected chi connectivity index (χ0v) is 10.7. The van der Waals surface area contributed by atoms with Crippen LogP contribution in [-0.2, 0) is 5.88 Å². The van der Waals surface area contributed by atoms with Gasteiger partial charge in [0.1, 0.15) is 6.26 Å². The van der Waals surface area contributed by atoms with Crippen LogP contribution in [-0.4, -0.2) is 42.1 Å². The van der Waals surface area contributed by atoms with Crippen LogP contribution in [0.4, 0.5) is 6.01 Å². The van der Waals surface area contributed by atoms with E-state index in [0.29, 0.717) is 11.9 Å². The van der Waals surface area contributed by atoms with Crippen LogP contribution in [0.1, 0.15) is 25.0 Å². The summed E-state index contributed by atoms with van der Waals surface area (Å²) in [6.07, 6.45) is 5.68. The lowest BCUT2D eigenvalue weighted by Gasteiger charge is -2.43. The molecule has 0 aliphatic carbocycles. The number of fused-ring (bicyclic) bond motifs is 1. The van der Waals surface area contributed by atoms with Crippen molar-refractivity contribution < 1.29 is 4.42 Å². The molecule has 3 heterocycles. The fourth-order valence-corrected chi connectivity index (χ4v) is 2.96. The van der Waals surface area contributed by atoms with E-state index in [9.17, 15) is 0 Å². The lowest BCUT2D eigenvalue weighted by Crippen LogP contribution is -2.55. The van der Waals surface area contributed by atoms with Crippen molar-refractivity contribution >= 4 is 17.6 Å². The molecule has 1 atom stereocenters. The number of rotatable bonds is 2. The number of halogens is 1. The summed E-state index contributed by atoms with van der Waals surface area (Å²) < 4.78 is 5.49. The highest BCUT2D eigenvalue weighted by Crippen LogP contribution is 2.24. The smallest absolute Gasteiger partial charge is 0.297 e. The molecule has 2 saturated heterocycles. The number of piperidine rings is 1. The van der Waals surface area contributed by atoms with E-state index >= 15 is 0 Å². The Hall–Kier alpha value is -0.740. The van der Waals surface area contributed by atoms with Crippen molar-refractivity contribution in [2.45, 2.75) is 31.2 Å². The van der Waals surface area contributed by atoms with Gasteiger partial charge in [0.2, 0.25) is 0 Å². The molecule has 4 nitrogen and oxygen atoms in total. The summed E-state index contributed by atoms with van der Waals surface area (Å²) in [7, 11) is 0. The van der Waals surface area contributed by atoms with Gasteiger partial charge in [0, 0.05) is 25.7 Å². The Balaban J connectivity index is 1.68. The van der Waals surface area contributed by atoms with Crippen molar-refractivity contribution in [3.63, 3.8) is 0 Å². The van der Waals surface area contributed by atoms with Gasteiger partial charge in [0.25, 0.3) is 6.01 Å². The first kappa shape index (κ1) is 11.4. The molecule has 17 heavy (non-hydrogen) atoms. The fraction of sp³-hybridized carbons (Fsp3) is 0.750. The number of oxazole rings is 1. The van der Waals surface area contributed by atoms with Gasteiger partial charge >= 0.3 is 0 Å². The molecule has 0 radical (unpaired) electrons. The van der Waals surface area contributed by atoms with Gasteiger partial charge in [-0.2, -0.15) is 4.98 Å². The third-order valence-electron chi connectivity index (χ3n) is 3.78. The topological polar surface area (TPSA) is 32.5 Å². The number of hydrogen-bond donors (Lipinski definition) is 0. The molecular formula is C12H18ClN3O. The van der Waals surface area contributed by atoms with E-state index in [0.717, 1.165) is 31.3 Å². The molecule has 1 unspecified atom stereocenters. The fourth-order valence-electron chi connectivity index (χ4n) is 2.83. The van der Waals surface area contributed by atoms with Crippen LogP contribution in [0.5, 0.6) is 0 Å². The largest absolute Gasteiger partial charge is 0.432 e. The van der Waals surface area contributed by atoms with Crippen molar-refractivity contribution in [2.24, 2.45) is 0 Å². The third kappa shape index (κ3) is 2.29. The van der Waals surface area contributed by atoms with Crippen LogP contribution in [0.15, 0.2) is 10.7 Å². The number of anilines is 1. The second kappa shape index (κ2) is 4.86. The van der Waals surface area contributed by atoms with E-state index in [4.69, 9.17) is 16.0 Å². The number of piperazine rings is 1. The molecule has 0 amide bonds. The predicted octanol–water partition coefficient (Wildman–Crippen LogP) is 2.09. The Bertz CT molecular complexity index is 382. The second-order valence-corrected chi connectivity index (χ2v) is 5.15. The Morgan fingerprint density at radius 1 is 1.35 bits per heavy atom. The minimum Gasteiger partial charge on any atom is -0.432 e. The Kier molecular flexibility index (Phi) is 3.25. The van der Waals surface area contributed by atoms with Gasteiger partial charge in [-0.1, -0.05) is 6.42 Å². The molecule has 0 saturated carbocycles. The van der Waals surface area contributed by atoms with Crippen LogP contribution in [0, 0.1) is 0 Å². The van der Waals surface area contributed by atoms with E-state index in [-0.39, 0.29) is 0 Å². The van der Waals surface area contributed by atoms with E-state index in [1.54, 1.807) is 6.26 Å². The van der Waals surface area contributed by atoms with Gasteiger partial charge in [0.15, 0.2) is 0 Å². The van der Waals surface area contributed by atoms with Crippen LogP contribution < -0.4 is 4.90 Å². The number of hydrogen-bond acceptors (Lipinski definition) is 4. The Morgan fingerprint density at radius 2 is 2.29 bits per heavy atom. The van der Waals surface area contributed by atoms with Crippen LogP contribution in [0.2, 0.25) is 0 Å². The predicted molar refractivity (Wildman–Crippen MR) is 67.5 cm³/mol. The van der Waals surface area contributed by atoms with Crippen molar-refractivity contribution in [2.75, 3.05) is 31.1 Å². The molecule has 3 rings (SSSR count). The molecule has 2 aliphatic rings.